The van der Waals surface area contributed by atoms with Crippen molar-refractivity contribution in [1.82, 2.24) is 0 Å². The van der Waals surface area contributed by atoms with Crippen LogP contribution in [-0.4, -0.2) is 19.1 Å². The predicted octanol–water partition coefficient (Wildman–Crippen LogP) is 1.47. The Labute approximate surface area is 90.2 Å². The number of ether oxygens (including phenoxy) is 1. The summed E-state index contributed by atoms with van der Waals surface area (Å²) in [5, 5.41) is 0. The topological polar surface area (TPSA) is 52.3 Å². The van der Waals surface area contributed by atoms with Gasteiger partial charge >= 0.3 is 5.97 Å². The SMILES string of the molecule is CCOC(=O)C(C)(CN)c1ccccc1. The van der Waals surface area contributed by atoms with E-state index in [0.29, 0.717) is 6.61 Å². The van der Waals surface area contributed by atoms with Crippen LogP contribution in [0.5, 0.6) is 0 Å². The fourth-order valence-electron chi connectivity index (χ4n) is 1.42. The molecule has 0 saturated carbocycles. The van der Waals surface area contributed by atoms with Gasteiger partial charge in [0, 0.05) is 6.54 Å². The smallest absolute Gasteiger partial charge is 0.317 e. The average Bonchev–Trinajstić information content (AvgIpc) is 2.29. The van der Waals surface area contributed by atoms with E-state index in [0.717, 1.165) is 5.56 Å². The van der Waals surface area contributed by atoms with Gasteiger partial charge in [-0.25, -0.2) is 0 Å². The zero-order valence-electron chi connectivity index (χ0n) is 9.19. The molecule has 15 heavy (non-hydrogen) atoms. The zero-order valence-corrected chi connectivity index (χ0v) is 9.19. The maximum atomic E-state index is 11.8. The molecule has 0 amide bonds. The second-order valence-electron chi connectivity index (χ2n) is 3.62. The third-order valence-corrected chi connectivity index (χ3v) is 2.55. The number of carbonyl (C=O) groups is 1. The summed E-state index contributed by atoms with van der Waals surface area (Å²) in [6, 6.07) is 9.48. The van der Waals surface area contributed by atoms with Gasteiger partial charge < -0.3 is 10.5 Å². The van der Waals surface area contributed by atoms with Crippen LogP contribution in [0.25, 0.3) is 0 Å². The van der Waals surface area contributed by atoms with Crippen molar-refractivity contribution in [3.63, 3.8) is 0 Å². The van der Waals surface area contributed by atoms with E-state index in [4.69, 9.17) is 10.5 Å². The summed E-state index contributed by atoms with van der Waals surface area (Å²) in [6.07, 6.45) is 0. The maximum Gasteiger partial charge on any atom is 0.317 e. The molecule has 0 fully saturated rings. The molecular weight excluding hydrogens is 190 g/mol. The third-order valence-electron chi connectivity index (χ3n) is 2.55. The molecule has 1 rings (SSSR count). The van der Waals surface area contributed by atoms with E-state index in [1.807, 2.05) is 30.3 Å². The fraction of sp³-hybridized carbons (Fsp3) is 0.417. The van der Waals surface area contributed by atoms with Gasteiger partial charge in [0.05, 0.1) is 6.61 Å². The van der Waals surface area contributed by atoms with E-state index in [1.54, 1.807) is 13.8 Å². The molecule has 1 aromatic rings. The molecule has 3 nitrogen and oxygen atoms in total. The highest BCUT2D eigenvalue weighted by molar-refractivity contribution is 5.83. The number of esters is 1. The largest absolute Gasteiger partial charge is 0.465 e. The predicted molar refractivity (Wildman–Crippen MR) is 59.5 cm³/mol. The molecule has 82 valence electrons. The van der Waals surface area contributed by atoms with Crippen LogP contribution in [0.4, 0.5) is 0 Å². The van der Waals surface area contributed by atoms with Crippen molar-refractivity contribution >= 4 is 5.97 Å². The lowest BCUT2D eigenvalue weighted by atomic mass is 9.82. The molecule has 0 aliphatic rings. The number of nitrogens with two attached hydrogens (primary N) is 1. The van der Waals surface area contributed by atoms with E-state index < -0.39 is 5.41 Å². The van der Waals surface area contributed by atoms with Crippen molar-refractivity contribution in [2.24, 2.45) is 5.73 Å². The first-order valence-electron chi connectivity index (χ1n) is 5.08. The summed E-state index contributed by atoms with van der Waals surface area (Å²) in [7, 11) is 0. The quantitative estimate of drug-likeness (QED) is 0.760. The summed E-state index contributed by atoms with van der Waals surface area (Å²) in [5.74, 6) is -0.265. The van der Waals surface area contributed by atoms with E-state index in [-0.39, 0.29) is 12.5 Å². The summed E-state index contributed by atoms with van der Waals surface area (Å²) in [4.78, 5) is 11.8. The second-order valence-corrected chi connectivity index (χ2v) is 3.62. The molecule has 0 aromatic heterocycles. The van der Waals surface area contributed by atoms with Gasteiger partial charge in [-0.3, -0.25) is 4.79 Å². The third kappa shape index (κ3) is 2.36. The Bertz CT molecular complexity index is 324. The van der Waals surface area contributed by atoms with Crippen molar-refractivity contribution in [3.8, 4) is 0 Å². The first-order valence-corrected chi connectivity index (χ1v) is 5.08. The van der Waals surface area contributed by atoms with Gasteiger partial charge in [-0.2, -0.15) is 0 Å². The highest BCUT2D eigenvalue weighted by Crippen LogP contribution is 2.23. The molecule has 0 aliphatic carbocycles. The molecule has 3 heteroatoms. The minimum Gasteiger partial charge on any atom is -0.465 e. The van der Waals surface area contributed by atoms with Crippen LogP contribution in [0.3, 0.4) is 0 Å². The number of hydrogen-bond acceptors (Lipinski definition) is 3. The van der Waals surface area contributed by atoms with E-state index in [2.05, 4.69) is 0 Å². The summed E-state index contributed by atoms with van der Waals surface area (Å²) < 4.78 is 5.03. The van der Waals surface area contributed by atoms with Gasteiger partial charge in [0.15, 0.2) is 0 Å². The molecule has 0 radical (unpaired) electrons. The molecular formula is C12H17NO2. The summed E-state index contributed by atoms with van der Waals surface area (Å²) in [6.45, 7) is 4.22. The highest BCUT2D eigenvalue weighted by Gasteiger charge is 2.35. The molecule has 0 aliphatic heterocycles. The normalized spacial score (nSPS) is 14.3. The van der Waals surface area contributed by atoms with Gasteiger partial charge in [0.2, 0.25) is 0 Å². The number of carbonyl (C=O) groups excluding carboxylic acids is 1. The van der Waals surface area contributed by atoms with Crippen LogP contribution >= 0.6 is 0 Å². The van der Waals surface area contributed by atoms with Gasteiger partial charge in [0.25, 0.3) is 0 Å². The van der Waals surface area contributed by atoms with Crippen molar-refractivity contribution < 1.29 is 9.53 Å². The number of hydrogen-bond donors (Lipinski definition) is 1. The lowest BCUT2D eigenvalue weighted by Gasteiger charge is -2.25. The first kappa shape index (κ1) is 11.7. The zero-order chi connectivity index (χ0) is 11.3. The Morgan fingerprint density at radius 3 is 2.47 bits per heavy atom. The van der Waals surface area contributed by atoms with Gasteiger partial charge in [-0.15, -0.1) is 0 Å². The molecule has 0 saturated heterocycles. The van der Waals surface area contributed by atoms with Crippen molar-refractivity contribution in [1.29, 1.82) is 0 Å². The Hall–Kier alpha value is -1.35. The van der Waals surface area contributed by atoms with Gasteiger partial charge in [0.1, 0.15) is 5.41 Å². The lowest BCUT2D eigenvalue weighted by molar-refractivity contribution is -0.149. The highest BCUT2D eigenvalue weighted by atomic mass is 16.5. The number of rotatable bonds is 4. The Morgan fingerprint density at radius 1 is 1.40 bits per heavy atom. The van der Waals surface area contributed by atoms with Crippen molar-refractivity contribution in [2.75, 3.05) is 13.2 Å². The molecule has 1 atom stereocenters. The minimum absolute atomic E-state index is 0.246. The van der Waals surface area contributed by atoms with Crippen LogP contribution < -0.4 is 5.73 Å². The van der Waals surface area contributed by atoms with Crippen LogP contribution in [0.2, 0.25) is 0 Å². The maximum absolute atomic E-state index is 11.8. The first-order chi connectivity index (χ1) is 7.15. The second kappa shape index (κ2) is 4.94. The fourth-order valence-corrected chi connectivity index (χ4v) is 1.42. The van der Waals surface area contributed by atoms with E-state index in [9.17, 15) is 4.79 Å². The number of benzene rings is 1. The molecule has 1 aromatic carbocycles. The molecule has 2 N–H and O–H groups in total. The molecule has 0 spiro atoms. The molecule has 0 bridgehead atoms. The van der Waals surface area contributed by atoms with Gasteiger partial charge in [-0.05, 0) is 19.4 Å². The minimum atomic E-state index is -0.739. The Balaban J connectivity index is 3.00. The van der Waals surface area contributed by atoms with Crippen LogP contribution in [0.15, 0.2) is 30.3 Å². The standard InChI is InChI=1S/C12H17NO2/c1-3-15-11(14)12(2,9-13)10-7-5-4-6-8-10/h4-8H,3,9,13H2,1-2H3. The van der Waals surface area contributed by atoms with Crippen LogP contribution in [0, 0.1) is 0 Å². The molecule has 1 unspecified atom stereocenters. The van der Waals surface area contributed by atoms with Crippen molar-refractivity contribution in [3.05, 3.63) is 35.9 Å². The summed E-state index contributed by atoms with van der Waals surface area (Å²) >= 11 is 0. The van der Waals surface area contributed by atoms with E-state index >= 15 is 0 Å². The van der Waals surface area contributed by atoms with Crippen LogP contribution in [0.1, 0.15) is 19.4 Å². The monoisotopic (exact) mass is 207 g/mol. The van der Waals surface area contributed by atoms with Crippen LogP contribution in [-0.2, 0) is 14.9 Å². The lowest BCUT2D eigenvalue weighted by Crippen LogP contribution is -2.41. The average molecular weight is 207 g/mol. The summed E-state index contributed by atoms with van der Waals surface area (Å²) in [5.41, 5.74) is 5.82. The molecule has 0 heterocycles. The Kier molecular flexibility index (Phi) is 3.86. The van der Waals surface area contributed by atoms with Crippen molar-refractivity contribution in [2.45, 2.75) is 19.3 Å². The van der Waals surface area contributed by atoms with Gasteiger partial charge in [-0.1, -0.05) is 30.3 Å². The van der Waals surface area contributed by atoms with E-state index in [1.165, 1.54) is 0 Å². The Morgan fingerprint density at radius 2 is 2.00 bits per heavy atom.